The summed E-state index contributed by atoms with van der Waals surface area (Å²) in [7, 11) is 0. The van der Waals surface area contributed by atoms with Crippen LogP contribution in [0.25, 0.3) is 0 Å². The molecule has 4 heteroatoms. The van der Waals surface area contributed by atoms with Crippen molar-refractivity contribution in [2.24, 2.45) is 5.92 Å². The van der Waals surface area contributed by atoms with Crippen LogP contribution in [0.1, 0.15) is 33.1 Å². The molecule has 0 aromatic heterocycles. The minimum Gasteiger partial charge on any atom is -0.352 e. The minimum absolute atomic E-state index is 0. The third-order valence-corrected chi connectivity index (χ3v) is 3.00. The van der Waals surface area contributed by atoms with Gasteiger partial charge in [-0.3, -0.25) is 4.79 Å². The molecule has 0 atom stereocenters. The zero-order valence-corrected chi connectivity index (χ0v) is 11.0. The third-order valence-electron chi connectivity index (χ3n) is 3.00. The molecule has 2 N–H and O–H groups in total. The Morgan fingerprint density at radius 2 is 2.19 bits per heavy atom. The van der Waals surface area contributed by atoms with Crippen LogP contribution in [0.15, 0.2) is 11.6 Å². The molecule has 0 radical (unpaired) electrons. The lowest BCUT2D eigenvalue weighted by molar-refractivity contribution is -0.125. The van der Waals surface area contributed by atoms with Crippen LogP contribution in [-0.4, -0.2) is 25.5 Å². The molecule has 0 aliphatic carbocycles. The third kappa shape index (κ3) is 4.99. The molecule has 1 aliphatic heterocycles. The highest BCUT2D eigenvalue weighted by Crippen LogP contribution is 2.08. The predicted octanol–water partition coefficient (Wildman–Crippen LogP) is 1.88. The summed E-state index contributed by atoms with van der Waals surface area (Å²) < 4.78 is 0. The SMILES string of the molecule is CCC(CC)C(=O)NCC1=CCNCC1.Cl. The first kappa shape index (κ1) is 15.5. The van der Waals surface area contributed by atoms with E-state index in [0.29, 0.717) is 0 Å². The molecule has 1 aliphatic rings. The van der Waals surface area contributed by atoms with Gasteiger partial charge in [0.05, 0.1) is 0 Å². The standard InChI is InChI=1S/C12H22N2O.ClH/c1-3-11(4-2)12(15)14-9-10-5-7-13-8-6-10;/h5,11,13H,3-4,6-9H2,1-2H3,(H,14,15);1H. The second-order valence-corrected chi connectivity index (χ2v) is 4.05. The summed E-state index contributed by atoms with van der Waals surface area (Å²) in [5, 5.41) is 6.28. The number of halogens is 1. The Kier molecular flexibility index (Phi) is 8.30. The van der Waals surface area contributed by atoms with Crippen LogP contribution >= 0.6 is 12.4 Å². The fraction of sp³-hybridized carbons (Fsp3) is 0.750. The Morgan fingerprint density at radius 1 is 1.50 bits per heavy atom. The van der Waals surface area contributed by atoms with Crippen LogP contribution in [0.5, 0.6) is 0 Å². The zero-order valence-electron chi connectivity index (χ0n) is 10.2. The average Bonchev–Trinajstić information content (AvgIpc) is 2.29. The molecular formula is C12H23ClN2O. The summed E-state index contributed by atoms with van der Waals surface area (Å²) in [5.74, 6) is 0.395. The van der Waals surface area contributed by atoms with E-state index in [1.165, 1.54) is 5.57 Å². The smallest absolute Gasteiger partial charge is 0.223 e. The van der Waals surface area contributed by atoms with Gasteiger partial charge in [-0.25, -0.2) is 0 Å². The maximum atomic E-state index is 11.7. The van der Waals surface area contributed by atoms with Crippen molar-refractivity contribution in [1.82, 2.24) is 10.6 Å². The van der Waals surface area contributed by atoms with Crippen molar-refractivity contribution in [1.29, 1.82) is 0 Å². The van der Waals surface area contributed by atoms with Crippen molar-refractivity contribution in [2.75, 3.05) is 19.6 Å². The summed E-state index contributed by atoms with van der Waals surface area (Å²) in [4.78, 5) is 11.7. The fourth-order valence-electron chi connectivity index (χ4n) is 1.83. The van der Waals surface area contributed by atoms with Gasteiger partial charge in [0.25, 0.3) is 0 Å². The molecule has 1 heterocycles. The second-order valence-electron chi connectivity index (χ2n) is 4.05. The van der Waals surface area contributed by atoms with Crippen molar-refractivity contribution in [3.05, 3.63) is 11.6 Å². The molecular weight excluding hydrogens is 224 g/mol. The lowest BCUT2D eigenvalue weighted by atomic mass is 10.0. The molecule has 0 aromatic carbocycles. The molecule has 0 spiro atoms. The second kappa shape index (κ2) is 8.59. The van der Waals surface area contributed by atoms with Gasteiger partial charge in [-0.05, 0) is 25.8 Å². The Hall–Kier alpha value is -0.540. The van der Waals surface area contributed by atoms with E-state index in [9.17, 15) is 4.79 Å². The van der Waals surface area contributed by atoms with Crippen molar-refractivity contribution in [3.8, 4) is 0 Å². The average molecular weight is 247 g/mol. The van der Waals surface area contributed by atoms with Crippen LogP contribution in [0.2, 0.25) is 0 Å². The molecule has 1 rings (SSSR count). The van der Waals surface area contributed by atoms with Crippen LogP contribution in [0.4, 0.5) is 0 Å². The van der Waals surface area contributed by atoms with Crippen molar-refractivity contribution < 1.29 is 4.79 Å². The van der Waals surface area contributed by atoms with Gasteiger partial charge < -0.3 is 10.6 Å². The largest absolute Gasteiger partial charge is 0.352 e. The summed E-state index contributed by atoms with van der Waals surface area (Å²) >= 11 is 0. The minimum atomic E-state index is 0. The van der Waals surface area contributed by atoms with E-state index in [1.54, 1.807) is 0 Å². The molecule has 16 heavy (non-hydrogen) atoms. The Bertz CT molecular complexity index is 237. The van der Waals surface area contributed by atoms with Gasteiger partial charge in [0, 0.05) is 19.0 Å². The number of nitrogens with one attached hydrogen (secondary N) is 2. The molecule has 1 amide bonds. The van der Waals surface area contributed by atoms with Gasteiger partial charge >= 0.3 is 0 Å². The van der Waals surface area contributed by atoms with E-state index >= 15 is 0 Å². The molecule has 0 saturated heterocycles. The van der Waals surface area contributed by atoms with E-state index in [1.807, 2.05) is 0 Å². The van der Waals surface area contributed by atoms with Gasteiger partial charge in [0.15, 0.2) is 0 Å². The van der Waals surface area contributed by atoms with Gasteiger partial charge in [-0.2, -0.15) is 0 Å². The molecule has 3 nitrogen and oxygen atoms in total. The Balaban J connectivity index is 0.00000225. The first-order valence-electron chi connectivity index (χ1n) is 5.94. The Labute approximate surface area is 104 Å². The maximum absolute atomic E-state index is 11.7. The van der Waals surface area contributed by atoms with E-state index in [0.717, 1.165) is 38.9 Å². The van der Waals surface area contributed by atoms with Gasteiger partial charge in [0.2, 0.25) is 5.91 Å². The lowest BCUT2D eigenvalue weighted by Crippen LogP contribution is -2.33. The number of amides is 1. The lowest BCUT2D eigenvalue weighted by Gasteiger charge is -2.17. The molecule has 0 aromatic rings. The fourth-order valence-corrected chi connectivity index (χ4v) is 1.83. The number of hydrogen-bond acceptors (Lipinski definition) is 2. The highest BCUT2D eigenvalue weighted by Gasteiger charge is 2.13. The molecule has 0 unspecified atom stereocenters. The van der Waals surface area contributed by atoms with Crippen LogP contribution in [-0.2, 0) is 4.79 Å². The summed E-state index contributed by atoms with van der Waals surface area (Å²) in [6.07, 6.45) is 5.10. The monoisotopic (exact) mass is 246 g/mol. The van der Waals surface area contributed by atoms with E-state index in [-0.39, 0.29) is 24.2 Å². The first-order valence-corrected chi connectivity index (χ1v) is 5.94. The van der Waals surface area contributed by atoms with Crippen molar-refractivity contribution in [3.63, 3.8) is 0 Å². The summed E-state index contributed by atoms with van der Waals surface area (Å²) in [5.41, 5.74) is 1.35. The van der Waals surface area contributed by atoms with Crippen molar-refractivity contribution >= 4 is 18.3 Å². The highest BCUT2D eigenvalue weighted by atomic mass is 35.5. The van der Waals surface area contributed by atoms with Gasteiger partial charge in [-0.1, -0.05) is 25.5 Å². The number of carbonyl (C=O) groups is 1. The molecule has 0 fully saturated rings. The van der Waals surface area contributed by atoms with Crippen molar-refractivity contribution in [2.45, 2.75) is 33.1 Å². The number of rotatable bonds is 5. The number of carbonyl (C=O) groups excluding carboxylic acids is 1. The topological polar surface area (TPSA) is 41.1 Å². The molecule has 94 valence electrons. The van der Waals surface area contributed by atoms with Crippen LogP contribution in [0.3, 0.4) is 0 Å². The van der Waals surface area contributed by atoms with E-state index in [2.05, 4.69) is 30.6 Å². The quantitative estimate of drug-likeness (QED) is 0.728. The van der Waals surface area contributed by atoms with E-state index < -0.39 is 0 Å². The highest BCUT2D eigenvalue weighted by molar-refractivity contribution is 5.85. The van der Waals surface area contributed by atoms with Crippen LogP contribution in [0, 0.1) is 5.92 Å². The zero-order chi connectivity index (χ0) is 11.1. The normalized spacial score (nSPS) is 15.3. The predicted molar refractivity (Wildman–Crippen MR) is 69.9 cm³/mol. The summed E-state index contributed by atoms with van der Waals surface area (Å²) in [6.45, 7) is 6.84. The first-order chi connectivity index (χ1) is 7.27. The summed E-state index contributed by atoms with van der Waals surface area (Å²) in [6, 6.07) is 0. The Morgan fingerprint density at radius 3 is 2.69 bits per heavy atom. The van der Waals surface area contributed by atoms with Gasteiger partial charge in [-0.15, -0.1) is 12.4 Å². The number of hydrogen-bond donors (Lipinski definition) is 2. The maximum Gasteiger partial charge on any atom is 0.223 e. The van der Waals surface area contributed by atoms with E-state index in [4.69, 9.17) is 0 Å². The molecule has 0 saturated carbocycles. The molecule has 0 bridgehead atoms. The van der Waals surface area contributed by atoms with Gasteiger partial charge in [0.1, 0.15) is 0 Å². The van der Waals surface area contributed by atoms with Crippen LogP contribution < -0.4 is 10.6 Å².